The van der Waals surface area contributed by atoms with Gasteiger partial charge >= 0.3 is 0 Å². The molecule has 2 N–H and O–H groups in total. The number of aliphatic hydroxyl groups excluding tert-OH is 1. The van der Waals surface area contributed by atoms with Crippen molar-refractivity contribution in [2.75, 3.05) is 6.61 Å². The molecule has 1 aromatic rings. The number of rotatable bonds is 5. The lowest BCUT2D eigenvalue weighted by molar-refractivity contribution is 0.0553. The minimum Gasteiger partial charge on any atom is -0.493 e. The third-order valence-corrected chi connectivity index (χ3v) is 2.09. The van der Waals surface area contributed by atoms with E-state index in [-0.39, 0.29) is 6.61 Å². The van der Waals surface area contributed by atoms with E-state index in [1.807, 2.05) is 24.3 Å². The normalized spacial score (nSPS) is 11.5. The Hall–Kier alpha value is -1.06. The first-order valence-corrected chi connectivity index (χ1v) is 5.06. The van der Waals surface area contributed by atoms with Gasteiger partial charge in [-0.3, -0.25) is 0 Å². The molecule has 3 nitrogen and oxygen atoms in total. The highest BCUT2D eigenvalue weighted by atomic mass is 16.5. The molecule has 0 aliphatic rings. The van der Waals surface area contributed by atoms with E-state index < -0.39 is 5.60 Å². The van der Waals surface area contributed by atoms with Gasteiger partial charge in [0.05, 0.1) is 18.8 Å². The maximum atomic E-state index is 9.46. The first kappa shape index (κ1) is 12.0. The topological polar surface area (TPSA) is 49.7 Å². The smallest absolute Gasteiger partial charge is 0.119 e. The lowest BCUT2D eigenvalue weighted by atomic mass is 10.1. The molecule has 0 saturated carbocycles. The molecule has 0 heterocycles. The van der Waals surface area contributed by atoms with Crippen molar-refractivity contribution < 1.29 is 14.9 Å². The molecule has 1 aromatic carbocycles. The van der Waals surface area contributed by atoms with Gasteiger partial charge in [0.1, 0.15) is 5.75 Å². The van der Waals surface area contributed by atoms with Crippen LogP contribution < -0.4 is 4.74 Å². The molecule has 0 aromatic heterocycles. The second-order valence-corrected chi connectivity index (χ2v) is 4.21. The SMILES string of the molecule is CC(C)(O)CCOc1ccc(CO)cc1. The minimum atomic E-state index is -0.689. The van der Waals surface area contributed by atoms with E-state index in [0.29, 0.717) is 13.0 Å². The third kappa shape index (κ3) is 4.81. The first-order valence-electron chi connectivity index (χ1n) is 5.06. The van der Waals surface area contributed by atoms with Crippen molar-refractivity contribution in [1.82, 2.24) is 0 Å². The molecular formula is C12H18O3. The molecule has 0 aliphatic carbocycles. The van der Waals surface area contributed by atoms with Crippen molar-refractivity contribution in [2.24, 2.45) is 0 Å². The van der Waals surface area contributed by atoms with Crippen LogP contribution in [0.15, 0.2) is 24.3 Å². The third-order valence-electron chi connectivity index (χ3n) is 2.09. The van der Waals surface area contributed by atoms with Crippen molar-refractivity contribution in [1.29, 1.82) is 0 Å². The molecule has 0 amide bonds. The number of aliphatic hydroxyl groups is 2. The van der Waals surface area contributed by atoms with Crippen LogP contribution in [0.3, 0.4) is 0 Å². The molecule has 0 saturated heterocycles. The summed E-state index contributed by atoms with van der Waals surface area (Å²) >= 11 is 0. The predicted octanol–water partition coefficient (Wildman–Crippen LogP) is 1.72. The van der Waals surface area contributed by atoms with Gasteiger partial charge in [-0.15, -0.1) is 0 Å². The Labute approximate surface area is 90.3 Å². The maximum absolute atomic E-state index is 9.46. The van der Waals surface area contributed by atoms with E-state index in [2.05, 4.69) is 0 Å². The maximum Gasteiger partial charge on any atom is 0.119 e. The van der Waals surface area contributed by atoms with E-state index in [4.69, 9.17) is 9.84 Å². The lowest BCUT2D eigenvalue weighted by Gasteiger charge is -2.17. The molecule has 0 atom stereocenters. The van der Waals surface area contributed by atoms with Crippen LogP contribution in [0.1, 0.15) is 25.8 Å². The Morgan fingerprint density at radius 3 is 2.27 bits per heavy atom. The van der Waals surface area contributed by atoms with Gasteiger partial charge in [0.25, 0.3) is 0 Å². The van der Waals surface area contributed by atoms with Gasteiger partial charge in [-0.1, -0.05) is 12.1 Å². The van der Waals surface area contributed by atoms with Crippen LogP contribution in [0.25, 0.3) is 0 Å². The monoisotopic (exact) mass is 210 g/mol. The molecule has 0 spiro atoms. The largest absolute Gasteiger partial charge is 0.493 e. The Morgan fingerprint density at radius 1 is 1.20 bits per heavy atom. The Kier molecular flexibility index (Phi) is 4.12. The average molecular weight is 210 g/mol. The van der Waals surface area contributed by atoms with Crippen LogP contribution in [-0.2, 0) is 6.61 Å². The van der Waals surface area contributed by atoms with E-state index in [1.165, 1.54) is 0 Å². The summed E-state index contributed by atoms with van der Waals surface area (Å²) in [6.07, 6.45) is 0.592. The summed E-state index contributed by atoms with van der Waals surface area (Å²) in [6, 6.07) is 7.27. The van der Waals surface area contributed by atoms with Gasteiger partial charge in [0.2, 0.25) is 0 Å². The minimum absolute atomic E-state index is 0.0456. The summed E-state index contributed by atoms with van der Waals surface area (Å²) in [4.78, 5) is 0. The fourth-order valence-electron chi connectivity index (χ4n) is 1.11. The Bertz CT molecular complexity index is 285. The fraction of sp³-hybridized carbons (Fsp3) is 0.500. The molecule has 15 heavy (non-hydrogen) atoms. The summed E-state index contributed by atoms with van der Waals surface area (Å²) < 4.78 is 5.44. The molecule has 1 rings (SSSR count). The molecule has 3 heteroatoms. The van der Waals surface area contributed by atoms with Crippen LogP contribution >= 0.6 is 0 Å². The van der Waals surface area contributed by atoms with Crippen molar-refractivity contribution in [2.45, 2.75) is 32.5 Å². The predicted molar refractivity (Wildman–Crippen MR) is 58.8 cm³/mol. The number of hydrogen-bond acceptors (Lipinski definition) is 3. The van der Waals surface area contributed by atoms with Crippen molar-refractivity contribution >= 4 is 0 Å². The summed E-state index contributed by atoms with van der Waals surface area (Å²) in [5.41, 5.74) is 0.176. The van der Waals surface area contributed by atoms with Crippen LogP contribution in [0, 0.1) is 0 Å². The lowest BCUT2D eigenvalue weighted by Crippen LogP contribution is -2.21. The zero-order valence-corrected chi connectivity index (χ0v) is 9.23. The molecule has 0 unspecified atom stereocenters. The van der Waals surface area contributed by atoms with Gasteiger partial charge in [0, 0.05) is 6.42 Å². The highest BCUT2D eigenvalue weighted by Gasteiger charge is 2.11. The standard InChI is InChI=1S/C12H18O3/c1-12(2,14)7-8-15-11-5-3-10(9-13)4-6-11/h3-6,13-14H,7-9H2,1-2H3. The summed E-state index contributed by atoms with van der Waals surface area (Å²) in [7, 11) is 0. The summed E-state index contributed by atoms with van der Waals surface area (Å²) in [5.74, 6) is 0.761. The highest BCUT2D eigenvalue weighted by Crippen LogP contribution is 2.14. The quantitative estimate of drug-likeness (QED) is 0.778. The Morgan fingerprint density at radius 2 is 1.80 bits per heavy atom. The summed E-state index contributed by atoms with van der Waals surface area (Å²) in [5, 5.41) is 18.3. The second-order valence-electron chi connectivity index (χ2n) is 4.21. The van der Waals surface area contributed by atoms with Crippen molar-refractivity contribution in [3.63, 3.8) is 0 Å². The molecule has 0 radical (unpaired) electrons. The molecule has 0 bridgehead atoms. The average Bonchev–Trinajstić information content (AvgIpc) is 2.17. The number of hydrogen-bond donors (Lipinski definition) is 2. The van der Waals surface area contributed by atoms with E-state index in [9.17, 15) is 5.11 Å². The van der Waals surface area contributed by atoms with E-state index >= 15 is 0 Å². The van der Waals surface area contributed by atoms with E-state index in [1.54, 1.807) is 13.8 Å². The number of benzene rings is 1. The van der Waals surface area contributed by atoms with Gasteiger partial charge in [-0.25, -0.2) is 0 Å². The summed E-state index contributed by atoms with van der Waals surface area (Å²) in [6.45, 7) is 4.04. The molecule has 0 fully saturated rings. The van der Waals surface area contributed by atoms with Crippen LogP contribution in [0.4, 0.5) is 0 Å². The molecule has 84 valence electrons. The highest BCUT2D eigenvalue weighted by molar-refractivity contribution is 5.26. The van der Waals surface area contributed by atoms with E-state index in [0.717, 1.165) is 11.3 Å². The van der Waals surface area contributed by atoms with Crippen molar-refractivity contribution in [3.05, 3.63) is 29.8 Å². The van der Waals surface area contributed by atoms with Crippen LogP contribution in [0.5, 0.6) is 5.75 Å². The molecule has 0 aliphatic heterocycles. The van der Waals surface area contributed by atoms with Gasteiger partial charge < -0.3 is 14.9 Å². The van der Waals surface area contributed by atoms with Gasteiger partial charge in [0.15, 0.2) is 0 Å². The molecular weight excluding hydrogens is 192 g/mol. The van der Waals surface area contributed by atoms with Gasteiger partial charge in [-0.2, -0.15) is 0 Å². The fourth-order valence-corrected chi connectivity index (χ4v) is 1.11. The zero-order chi connectivity index (χ0) is 11.3. The van der Waals surface area contributed by atoms with Crippen LogP contribution in [0.2, 0.25) is 0 Å². The first-order chi connectivity index (χ1) is 7.01. The van der Waals surface area contributed by atoms with Crippen LogP contribution in [-0.4, -0.2) is 22.4 Å². The Balaban J connectivity index is 2.38. The van der Waals surface area contributed by atoms with Crippen molar-refractivity contribution in [3.8, 4) is 5.75 Å². The zero-order valence-electron chi connectivity index (χ0n) is 9.23. The second kappa shape index (κ2) is 5.14. The number of ether oxygens (including phenoxy) is 1. The van der Waals surface area contributed by atoms with Gasteiger partial charge in [-0.05, 0) is 31.5 Å².